The van der Waals surface area contributed by atoms with Crippen LogP contribution in [0.4, 0.5) is 0 Å². The lowest BCUT2D eigenvalue weighted by Gasteiger charge is -2.18. The Morgan fingerprint density at radius 2 is 2.00 bits per heavy atom. The van der Waals surface area contributed by atoms with Gasteiger partial charge in [-0.3, -0.25) is 4.79 Å². The van der Waals surface area contributed by atoms with Gasteiger partial charge in [-0.1, -0.05) is 43.3 Å². The molecule has 1 atom stereocenters. The van der Waals surface area contributed by atoms with Crippen molar-refractivity contribution in [3.05, 3.63) is 66.6 Å². The predicted molar refractivity (Wildman–Crippen MR) is 107 cm³/mol. The van der Waals surface area contributed by atoms with Crippen molar-refractivity contribution in [2.24, 2.45) is 0 Å². The molecule has 5 heteroatoms. The average molecular weight is 369 g/mol. The van der Waals surface area contributed by atoms with Crippen LogP contribution in [0, 0.1) is 0 Å². The molecule has 1 N–H and O–H groups in total. The number of rotatable bonds is 9. The second kappa shape index (κ2) is 9.34. The summed E-state index contributed by atoms with van der Waals surface area (Å²) >= 11 is 1.73. The van der Waals surface area contributed by atoms with E-state index in [-0.39, 0.29) is 5.91 Å². The fraction of sp³-hybridized carbons (Fsp3) is 0.286. The second-order valence-corrected chi connectivity index (χ2v) is 7.02. The van der Waals surface area contributed by atoms with Crippen LogP contribution < -0.4 is 10.1 Å². The molecule has 0 aliphatic heterocycles. The number of benzene rings is 2. The molecule has 2 aromatic carbocycles. The van der Waals surface area contributed by atoms with E-state index in [1.807, 2.05) is 61.5 Å². The number of amides is 1. The Morgan fingerprint density at radius 1 is 1.15 bits per heavy atom. The monoisotopic (exact) mass is 369 g/mol. The summed E-state index contributed by atoms with van der Waals surface area (Å²) in [5.74, 6) is 3.27. The van der Waals surface area contributed by atoms with Crippen LogP contribution in [0.3, 0.4) is 0 Å². The van der Waals surface area contributed by atoms with Gasteiger partial charge in [0.1, 0.15) is 11.5 Å². The van der Waals surface area contributed by atoms with Crippen molar-refractivity contribution in [3.63, 3.8) is 0 Å². The first-order valence-corrected chi connectivity index (χ1v) is 9.95. The maximum absolute atomic E-state index is 12.4. The molecule has 136 valence electrons. The zero-order chi connectivity index (χ0) is 18.2. The highest BCUT2D eigenvalue weighted by Crippen LogP contribution is 2.26. The molecule has 3 rings (SSSR count). The van der Waals surface area contributed by atoms with Crippen molar-refractivity contribution in [3.8, 4) is 5.75 Å². The lowest BCUT2D eigenvalue weighted by Crippen LogP contribution is -2.39. The molecule has 0 saturated carbocycles. The van der Waals surface area contributed by atoms with Crippen LogP contribution in [0.25, 0.3) is 10.8 Å². The Labute approximate surface area is 157 Å². The number of fused-ring (bicyclic) bond motifs is 1. The van der Waals surface area contributed by atoms with E-state index in [0.717, 1.165) is 33.8 Å². The summed E-state index contributed by atoms with van der Waals surface area (Å²) in [5, 5.41) is 5.10. The molecule has 0 unspecified atom stereocenters. The van der Waals surface area contributed by atoms with E-state index < -0.39 is 6.10 Å². The van der Waals surface area contributed by atoms with E-state index in [9.17, 15) is 4.79 Å². The van der Waals surface area contributed by atoms with Crippen LogP contribution in [0.2, 0.25) is 0 Å². The third kappa shape index (κ3) is 4.82. The molecule has 26 heavy (non-hydrogen) atoms. The molecule has 4 nitrogen and oxygen atoms in total. The number of thioether (sulfide) groups is 1. The Morgan fingerprint density at radius 3 is 2.81 bits per heavy atom. The Hall–Kier alpha value is -2.40. The Bertz CT molecular complexity index is 827. The first-order chi connectivity index (χ1) is 12.8. The Balaban J connectivity index is 1.50. The normalized spacial score (nSPS) is 12.0. The minimum atomic E-state index is -0.490. The lowest BCUT2D eigenvalue weighted by atomic mass is 10.1. The quantitative estimate of drug-likeness (QED) is 0.558. The van der Waals surface area contributed by atoms with Gasteiger partial charge in [-0.05, 0) is 30.0 Å². The standard InChI is InChI=1S/C21H23NO3S/c1-2-19(21(23)22-12-14-26-15-17-9-6-13-24-17)25-20-11-5-8-16-7-3-4-10-18(16)20/h3-11,13,19H,2,12,14-15H2,1H3,(H,22,23)/t19-/m1/s1. The molecule has 1 aromatic heterocycles. The van der Waals surface area contributed by atoms with Crippen LogP contribution in [0.5, 0.6) is 5.75 Å². The summed E-state index contributed by atoms with van der Waals surface area (Å²) in [6.45, 7) is 2.57. The van der Waals surface area contributed by atoms with Gasteiger partial charge < -0.3 is 14.5 Å². The highest BCUT2D eigenvalue weighted by atomic mass is 32.2. The third-order valence-corrected chi connectivity index (χ3v) is 5.03. The minimum Gasteiger partial charge on any atom is -0.480 e. The van der Waals surface area contributed by atoms with Gasteiger partial charge in [-0.2, -0.15) is 11.8 Å². The second-order valence-electron chi connectivity index (χ2n) is 5.92. The number of furan rings is 1. The molecule has 0 aliphatic rings. The van der Waals surface area contributed by atoms with E-state index in [2.05, 4.69) is 5.32 Å². The third-order valence-electron chi connectivity index (χ3n) is 4.05. The smallest absolute Gasteiger partial charge is 0.261 e. The average Bonchev–Trinajstić information content (AvgIpc) is 3.19. The van der Waals surface area contributed by atoms with Crippen LogP contribution in [0.1, 0.15) is 19.1 Å². The molecular formula is C21H23NO3S. The molecule has 0 aliphatic carbocycles. The van der Waals surface area contributed by atoms with Gasteiger partial charge in [-0.25, -0.2) is 0 Å². The summed E-state index contributed by atoms with van der Waals surface area (Å²) in [6, 6.07) is 17.8. The zero-order valence-electron chi connectivity index (χ0n) is 14.8. The summed E-state index contributed by atoms with van der Waals surface area (Å²) in [6.07, 6.45) is 1.80. The van der Waals surface area contributed by atoms with Gasteiger partial charge in [0.15, 0.2) is 6.10 Å². The topological polar surface area (TPSA) is 51.5 Å². The molecule has 0 bridgehead atoms. The highest BCUT2D eigenvalue weighted by Gasteiger charge is 2.18. The van der Waals surface area contributed by atoms with E-state index in [1.54, 1.807) is 18.0 Å². The molecule has 0 saturated heterocycles. The van der Waals surface area contributed by atoms with Crippen molar-refractivity contribution in [1.29, 1.82) is 0 Å². The van der Waals surface area contributed by atoms with Gasteiger partial charge >= 0.3 is 0 Å². The van der Waals surface area contributed by atoms with Crippen LogP contribution in [-0.4, -0.2) is 24.3 Å². The summed E-state index contributed by atoms with van der Waals surface area (Å²) in [7, 11) is 0. The number of hydrogen-bond donors (Lipinski definition) is 1. The first kappa shape index (κ1) is 18.4. The van der Waals surface area contributed by atoms with Crippen molar-refractivity contribution in [2.45, 2.75) is 25.2 Å². The lowest BCUT2D eigenvalue weighted by molar-refractivity contribution is -0.127. The summed E-state index contributed by atoms with van der Waals surface area (Å²) in [4.78, 5) is 12.4. The Kier molecular flexibility index (Phi) is 6.61. The van der Waals surface area contributed by atoms with E-state index in [0.29, 0.717) is 13.0 Å². The van der Waals surface area contributed by atoms with Gasteiger partial charge in [0, 0.05) is 17.7 Å². The molecular weight excluding hydrogens is 346 g/mol. The molecule has 3 aromatic rings. The molecule has 0 fully saturated rings. The maximum Gasteiger partial charge on any atom is 0.261 e. The maximum atomic E-state index is 12.4. The predicted octanol–water partition coefficient (Wildman–Crippen LogP) is 4.64. The summed E-state index contributed by atoms with van der Waals surface area (Å²) in [5.41, 5.74) is 0. The van der Waals surface area contributed by atoms with Crippen LogP contribution in [0.15, 0.2) is 65.3 Å². The number of carbonyl (C=O) groups is 1. The van der Waals surface area contributed by atoms with Gasteiger partial charge in [0.05, 0.1) is 12.0 Å². The fourth-order valence-electron chi connectivity index (χ4n) is 2.70. The van der Waals surface area contributed by atoms with Gasteiger partial charge in [0.25, 0.3) is 5.91 Å². The van der Waals surface area contributed by atoms with Crippen LogP contribution >= 0.6 is 11.8 Å². The zero-order valence-corrected chi connectivity index (χ0v) is 15.6. The van der Waals surface area contributed by atoms with Crippen molar-refractivity contribution in [1.82, 2.24) is 5.32 Å². The van der Waals surface area contributed by atoms with Crippen LogP contribution in [-0.2, 0) is 10.5 Å². The first-order valence-electron chi connectivity index (χ1n) is 8.80. The molecule has 0 radical (unpaired) electrons. The highest BCUT2D eigenvalue weighted by molar-refractivity contribution is 7.98. The number of ether oxygens (including phenoxy) is 1. The van der Waals surface area contributed by atoms with Crippen molar-refractivity contribution in [2.75, 3.05) is 12.3 Å². The van der Waals surface area contributed by atoms with E-state index in [1.165, 1.54) is 0 Å². The summed E-state index contributed by atoms with van der Waals surface area (Å²) < 4.78 is 11.3. The van der Waals surface area contributed by atoms with Crippen molar-refractivity contribution >= 4 is 28.4 Å². The minimum absolute atomic E-state index is 0.0703. The number of nitrogens with one attached hydrogen (secondary N) is 1. The van der Waals surface area contributed by atoms with E-state index in [4.69, 9.17) is 9.15 Å². The van der Waals surface area contributed by atoms with E-state index >= 15 is 0 Å². The number of carbonyl (C=O) groups excluding carboxylic acids is 1. The van der Waals surface area contributed by atoms with Gasteiger partial charge in [-0.15, -0.1) is 0 Å². The fourth-order valence-corrected chi connectivity index (χ4v) is 3.46. The SMILES string of the molecule is CC[C@@H](Oc1cccc2ccccc12)C(=O)NCCSCc1ccco1. The largest absolute Gasteiger partial charge is 0.480 e. The molecule has 1 heterocycles. The molecule has 0 spiro atoms. The number of hydrogen-bond acceptors (Lipinski definition) is 4. The van der Waals surface area contributed by atoms with Crippen molar-refractivity contribution < 1.29 is 13.9 Å². The van der Waals surface area contributed by atoms with Gasteiger partial charge in [0.2, 0.25) is 0 Å². The molecule has 1 amide bonds.